The standard InChI is InChI=1S/C31H35ClN6O.3ClH/c1-22-5-2-10-28(30(22)32)35-25-11-12-29-24(19-25)21-34-38(29)27-9-3-6-23(20-27)31(39)33-13-14-36-15-17-37(18-16-36)26-7-4-8-26;;;/h2-3,5-6,9-12,19-21,26,35H,4,7-8,13-18H2,1H3,(H,33,39);3*1H. The fraction of sp³-hybridized carbons (Fsp3) is 0.355. The molecule has 2 N–H and O–H groups in total. The highest BCUT2D eigenvalue weighted by Crippen LogP contribution is 2.30. The van der Waals surface area contributed by atoms with Gasteiger partial charge in [0, 0.05) is 61.9 Å². The molecule has 1 saturated carbocycles. The van der Waals surface area contributed by atoms with Gasteiger partial charge in [0.25, 0.3) is 5.91 Å². The largest absolute Gasteiger partial charge is 0.354 e. The Hall–Kier alpha value is -2.52. The molecule has 0 spiro atoms. The second kappa shape index (κ2) is 15.3. The molecule has 226 valence electrons. The molecule has 1 aliphatic carbocycles. The van der Waals surface area contributed by atoms with Gasteiger partial charge in [-0.15, -0.1) is 37.2 Å². The molecule has 0 bridgehead atoms. The first-order chi connectivity index (χ1) is 19.0. The lowest BCUT2D eigenvalue weighted by Gasteiger charge is -2.43. The van der Waals surface area contributed by atoms with E-state index in [-0.39, 0.29) is 43.1 Å². The lowest BCUT2D eigenvalue weighted by Crippen LogP contribution is -2.53. The van der Waals surface area contributed by atoms with Crippen molar-refractivity contribution in [1.29, 1.82) is 0 Å². The number of carbonyl (C=O) groups is 1. The van der Waals surface area contributed by atoms with E-state index in [1.54, 1.807) is 0 Å². The SMILES string of the molecule is Cc1cccc(Nc2ccc3c(cnn3-c3cccc(C(=O)NCCN4CCN(C5CCC5)CC4)c3)c2)c1Cl.Cl.Cl.Cl. The van der Waals surface area contributed by atoms with Gasteiger partial charge in [-0.3, -0.25) is 14.6 Å². The molecular formula is C31H38Cl4N6O. The quantitative estimate of drug-likeness (QED) is 0.217. The lowest BCUT2D eigenvalue weighted by atomic mass is 9.91. The molecular weight excluding hydrogens is 614 g/mol. The van der Waals surface area contributed by atoms with Gasteiger partial charge < -0.3 is 10.6 Å². The second-order valence-corrected chi connectivity index (χ2v) is 11.0. The zero-order valence-corrected chi connectivity index (χ0v) is 26.8. The number of benzene rings is 3. The Morgan fingerprint density at radius 3 is 2.48 bits per heavy atom. The average Bonchev–Trinajstić information content (AvgIpc) is 3.35. The third-order valence-corrected chi connectivity index (χ3v) is 8.60. The van der Waals surface area contributed by atoms with E-state index in [4.69, 9.17) is 11.6 Å². The summed E-state index contributed by atoms with van der Waals surface area (Å²) < 4.78 is 1.87. The Labute approximate surface area is 271 Å². The van der Waals surface area contributed by atoms with Gasteiger partial charge in [-0.05, 0) is 67.8 Å². The summed E-state index contributed by atoms with van der Waals surface area (Å²) in [7, 11) is 0. The maximum Gasteiger partial charge on any atom is 0.251 e. The van der Waals surface area contributed by atoms with Crippen LogP contribution in [0.5, 0.6) is 0 Å². The van der Waals surface area contributed by atoms with Crippen LogP contribution < -0.4 is 10.6 Å². The van der Waals surface area contributed by atoms with E-state index >= 15 is 0 Å². The number of aryl methyl sites for hydroxylation is 1. The summed E-state index contributed by atoms with van der Waals surface area (Å²) >= 11 is 6.46. The molecule has 11 heteroatoms. The fourth-order valence-corrected chi connectivity index (χ4v) is 5.70. The topological polar surface area (TPSA) is 65.4 Å². The minimum atomic E-state index is -0.0528. The number of anilines is 2. The van der Waals surface area contributed by atoms with Crippen molar-refractivity contribution >= 4 is 77.0 Å². The summed E-state index contributed by atoms with van der Waals surface area (Å²) in [5, 5.41) is 12.8. The molecule has 2 aliphatic rings. The van der Waals surface area contributed by atoms with E-state index in [2.05, 4.69) is 31.6 Å². The smallest absolute Gasteiger partial charge is 0.251 e. The highest BCUT2D eigenvalue weighted by molar-refractivity contribution is 6.34. The molecule has 7 nitrogen and oxygen atoms in total. The van der Waals surface area contributed by atoms with Crippen molar-refractivity contribution < 1.29 is 4.79 Å². The molecule has 3 aromatic carbocycles. The summed E-state index contributed by atoms with van der Waals surface area (Å²) in [6.07, 6.45) is 5.96. The first-order valence-electron chi connectivity index (χ1n) is 13.9. The molecule has 4 aromatic rings. The molecule has 0 unspecified atom stereocenters. The van der Waals surface area contributed by atoms with Crippen LogP contribution >= 0.6 is 48.8 Å². The monoisotopic (exact) mass is 650 g/mol. The number of aromatic nitrogens is 2. The van der Waals surface area contributed by atoms with Crippen LogP contribution in [-0.4, -0.2) is 70.8 Å². The van der Waals surface area contributed by atoms with Crippen LogP contribution in [0.15, 0.2) is 66.9 Å². The summed E-state index contributed by atoms with van der Waals surface area (Å²) in [5.74, 6) is -0.0528. The molecule has 0 atom stereocenters. The Morgan fingerprint density at radius 2 is 1.74 bits per heavy atom. The fourth-order valence-electron chi connectivity index (χ4n) is 5.53. The molecule has 1 aliphatic heterocycles. The molecule has 1 amide bonds. The van der Waals surface area contributed by atoms with Crippen LogP contribution in [0.3, 0.4) is 0 Å². The Morgan fingerprint density at radius 1 is 0.976 bits per heavy atom. The minimum Gasteiger partial charge on any atom is -0.354 e. The van der Waals surface area contributed by atoms with Crippen LogP contribution in [0.1, 0.15) is 35.2 Å². The van der Waals surface area contributed by atoms with Crippen molar-refractivity contribution in [3.63, 3.8) is 0 Å². The van der Waals surface area contributed by atoms with E-state index in [1.807, 2.05) is 72.4 Å². The molecule has 0 radical (unpaired) electrons. The summed E-state index contributed by atoms with van der Waals surface area (Å²) in [6, 6.07) is 20.5. The number of nitrogens with one attached hydrogen (secondary N) is 2. The summed E-state index contributed by atoms with van der Waals surface area (Å²) in [4.78, 5) is 18.0. The molecule has 2 fully saturated rings. The van der Waals surface area contributed by atoms with Gasteiger partial charge in [0.05, 0.1) is 28.1 Å². The maximum atomic E-state index is 12.9. The van der Waals surface area contributed by atoms with Crippen molar-refractivity contribution in [2.24, 2.45) is 0 Å². The third-order valence-electron chi connectivity index (χ3n) is 8.10. The van der Waals surface area contributed by atoms with Crippen LogP contribution in [0.25, 0.3) is 16.6 Å². The zero-order valence-electron chi connectivity index (χ0n) is 23.6. The van der Waals surface area contributed by atoms with Gasteiger partial charge >= 0.3 is 0 Å². The van der Waals surface area contributed by atoms with Crippen LogP contribution in [0, 0.1) is 6.92 Å². The molecule has 1 saturated heterocycles. The molecule has 6 rings (SSSR count). The number of rotatable bonds is 8. The summed E-state index contributed by atoms with van der Waals surface area (Å²) in [6.45, 7) is 8.00. The van der Waals surface area contributed by atoms with Crippen molar-refractivity contribution in [1.82, 2.24) is 24.9 Å². The Bertz CT molecular complexity index is 1480. The number of nitrogens with zero attached hydrogens (tertiary/aromatic N) is 4. The van der Waals surface area contributed by atoms with Crippen molar-refractivity contribution in [3.05, 3.63) is 83.0 Å². The van der Waals surface area contributed by atoms with Gasteiger partial charge in [0.2, 0.25) is 0 Å². The minimum absolute atomic E-state index is 0. The zero-order chi connectivity index (χ0) is 26.8. The van der Waals surface area contributed by atoms with Gasteiger partial charge in [0.1, 0.15) is 0 Å². The number of fused-ring (bicyclic) bond motifs is 1. The second-order valence-electron chi connectivity index (χ2n) is 10.7. The summed E-state index contributed by atoms with van der Waals surface area (Å²) in [5.41, 5.74) is 5.30. The third kappa shape index (κ3) is 7.51. The van der Waals surface area contributed by atoms with Gasteiger partial charge in [-0.2, -0.15) is 5.10 Å². The van der Waals surface area contributed by atoms with E-state index < -0.39 is 0 Å². The van der Waals surface area contributed by atoms with E-state index in [1.165, 1.54) is 19.3 Å². The predicted molar refractivity (Wildman–Crippen MR) is 180 cm³/mol. The van der Waals surface area contributed by atoms with Crippen molar-refractivity contribution in [3.8, 4) is 5.69 Å². The number of hydrogen-bond donors (Lipinski definition) is 2. The van der Waals surface area contributed by atoms with Crippen LogP contribution in [-0.2, 0) is 0 Å². The lowest BCUT2D eigenvalue weighted by molar-refractivity contribution is 0.0617. The van der Waals surface area contributed by atoms with Crippen LogP contribution in [0.4, 0.5) is 11.4 Å². The Balaban J connectivity index is 0.00000161. The van der Waals surface area contributed by atoms with Gasteiger partial charge in [-0.25, -0.2) is 4.68 Å². The number of halogens is 4. The Kier molecular flexibility index (Phi) is 12.4. The van der Waals surface area contributed by atoms with Gasteiger partial charge in [0.15, 0.2) is 0 Å². The predicted octanol–water partition coefficient (Wildman–Crippen LogP) is 6.90. The normalized spacial score (nSPS) is 15.6. The van der Waals surface area contributed by atoms with E-state index in [0.29, 0.717) is 12.1 Å². The number of hydrogen-bond acceptors (Lipinski definition) is 5. The highest BCUT2D eigenvalue weighted by atomic mass is 35.5. The molecule has 1 aromatic heterocycles. The molecule has 2 heterocycles. The number of piperazine rings is 1. The first kappa shape index (κ1) is 34.0. The number of carbonyl (C=O) groups excluding carboxylic acids is 1. The van der Waals surface area contributed by atoms with E-state index in [0.717, 1.165) is 77.3 Å². The first-order valence-corrected chi connectivity index (χ1v) is 14.3. The van der Waals surface area contributed by atoms with Crippen molar-refractivity contribution in [2.45, 2.75) is 32.2 Å². The molecule has 42 heavy (non-hydrogen) atoms. The van der Waals surface area contributed by atoms with Gasteiger partial charge in [-0.1, -0.05) is 36.2 Å². The van der Waals surface area contributed by atoms with Crippen molar-refractivity contribution in [2.75, 3.05) is 44.6 Å². The highest BCUT2D eigenvalue weighted by Gasteiger charge is 2.27. The van der Waals surface area contributed by atoms with E-state index in [9.17, 15) is 4.79 Å². The average molecular weight is 652 g/mol. The maximum absolute atomic E-state index is 12.9. The number of amides is 1. The van der Waals surface area contributed by atoms with Crippen LogP contribution in [0.2, 0.25) is 5.02 Å².